The third-order valence-electron chi connectivity index (χ3n) is 2.45. The van der Waals surface area contributed by atoms with Crippen LogP contribution < -0.4 is 5.32 Å². The number of pyridine rings is 1. The van der Waals surface area contributed by atoms with Crippen molar-refractivity contribution >= 4 is 5.52 Å². The van der Waals surface area contributed by atoms with Crippen LogP contribution in [-0.2, 0) is 6.54 Å². The SMILES string of the molecule is CNCc1nc(C)c2c(C)cccn12. The second kappa shape index (κ2) is 3.42. The Balaban J connectivity index is 2.71. The number of aryl methyl sites for hydroxylation is 2. The van der Waals surface area contributed by atoms with Crippen LogP contribution in [0.25, 0.3) is 5.52 Å². The highest BCUT2D eigenvalue weighted by Gasteiger charge is 2.07. The quantitative estimate of drug-likeness (QED) is 0.778. The van der Waals surface area contributed by atoms with Crippen molar-refractivity contribution in [3.05, 3.63) is 35.4 Å². The van der Waals surface area contributed by atoms with E-state index in [1.54, 1.807) is 0 Å². The molecule has 14 heavy (non-hydrogen) atoms. The van der Waals surface area contributed by atoms with Gasteiger partial charge in [-0.1, -0.05) is 6.07 Å². The zero-order chi connectivity index (χ0) is 10.1. The van der Waals surface area contributed by atoms with Gasteiger partial charge in [-0.3, -0.25) is 0 Å². The highest BCUT2D eigenvalue weighted by atomic mass is 15.1. The summed E-state index contributed by atoms with van der Waals surface area (Å²) in [6.07, 6.45) is 2.06. The lowest BCUT2D eigenvalue weighted by atomic mass is 10.2. The Labute approximate surface area is 83.8 Å². The highest BCUT2D eigenvalue weighted by molar-refractivity contribution is 5.58. The van der Waals surface area contributed by atoms with Crippen LogP contribution in [0.5, 0.6) is 0 Å². The van der Waals surface area contributed by atoms with Gasteiger partial charge in [-0.25, -0.2) is 4.98 Å². The van der Waals surface area contributed by atoms with Crippen LogP contribution in [0.2, 0.25) is 0 Å². The summed E-state index contributed by atoms with van der Waals surface area (Å²) in [5.74, 6) is 1.07. The van der Waals surface area contributed by atoms with Crippen LogP contribution in [0.1, 0.15) is 17.1 Å². The van der Waals surface area contributed by atoms with Crippen LogP contribution in [0.3, 0.4) is 0 Å². The molecular weight excluding hydrogens is 174 g/mol. The van der Waals surface area contributed by atoms with Gasteiger partial charge in [0.1, 0.15) is 5.82 Å². The topological polar surface area (TPSA) is 29.3 Å². The molecule has 3 nitrogen and oxygen atoms in total. The first kappa shape index (κ1) is 9.21. The van der Waals surface area contributed by atoms with Crippen molar-refractivity contribution in [2.24, 2.45) is 0 Å². The van der Waals surface area contributed by atoms with Crippen molar-refractivity contribution in [2.75, 3.05) is 7.05 Å². The minimum Gasteiger partial charge on any atom is -0.313 e. The molecule has 0 atom stereocenters. The molecule has 2 aromatic heterocycles. The van der Waals surface area contributed by atoms with Crippen LogP contribution in [-0.4, -0.2) is 16.4 Å². The molecule has 0 saturated carbocycles. The smallest absolute Gasteiger partial charge is 0.127 e. The second-order valence-electron chi connectivity index (χ2n) is 3.55. The number of fused-ring (bicyclic) bond motifs is 1. The first-order valence-electron chi connectivity index (χ1n) is 4.82. The van der Waals surface area contributed by atoms with Crippen molar-refractivity contribution in [3.8, 4) is 0 Å². The van der Waals surface area contributed by atoms with Gasteiger partial charge >= 0.3 is 0 Å². The third kappa shape index (κ3) is 1.30. The van der Waals surface area contributed by atoms with E-state index < -0.39 is 0 Å². The highest BCUT2D eigenvalue weighted by Crippen LogP contribution is 2.16. The van der Waals surface area contributed by atoms with Crippen molar-refractivity contribution in [1.82, 2.24) is 14.7 Å². The van der Waals surface area contributed by atoms with Gasteiger partial charge in [0.25, 0.3) is 0 Å². The maximum Gasteiger partial charge on any atom is 0.127 e. The normalized spacial score (nSPS) is 11.1. The Morgan fingerprint density at radius 2 is 2.21 bits per heavy atom. The van der Waals surface area contributed by atoms with Gasteiger partial charge < -0.3 is 9.72 Å². The molecule has 1 N–H and O–H groups in total. The Bertz CT molecular complexity index is 457. The Morgan fingerprint density at radius 1 is 1.43 bits per heavy atom. The zero-order valence-electron chi connectivity index (χ0n) is 8.83. The number of nitrogens with zero attached hydrogens (tertiary/aromatic N) is 2. The summed E-state index contributed by atoms with van der Waals surface area (Å²) in [4.78, 5) is 4.54. The van der Waals surface area contributed by atoms with Crippen molar-refractivity contribution < 1.29 is 0 Å². The van der Waals surface area contributed by atoms with Crippen molar-refractivity contribution in [2.45, 2.75) is 20.4 Å². The van der Waals surface area contributed by atoms with Crippen molar-refractivity contribution in [1.29, 1.82) is 0 Å². The minimum atomic E-state index is 0.804. The van der Waals surface area contributed by atoms with Crippen LogP contribution >= 0.6 is 0 Å². The Morgan fingerprint density at radius 3 is 2.93 bits per heavy atom. The van der Waals surface area contributed by atoms with E-state index in [-0.39, 0.29) is 0 Å². The molecule has 0 fully saturated rings. The number of hydrogen-bond acceptors (Lipinski definition) is 2. The first-order chi connectivity index (χ1) is 6.74. The summed E-state index contributed by atoms with van der Waals surface area (Å²) in [7, 11) is 1.94. The summed E-state index contributed by atoms with van der Waals surface area (Å²) in [6, 6.07) is 4.18. The predicted octanol–water partition coefficient (Wildman–Crippen LogP) is 1.67. The zero-order valence-corrected chi connectivity index (χ0v) is 8.83. The molecule has 0 aromatic carbocycles. The lowest BCUT2D eigenvalue weighted by molar-refractivity contribution is 0.753. The average molecular weight is 189 g/mol. The minimum absolute atomic E-state index is 0.804. The number of rotatable bonds is 2. The summed E-state index contributed by atoms with van der Waals surface area (Å²) in [5, 5.41) is 3.13. The summed E-state index contributed by atoms with van der Waals surface area (Å²) < 4.78 is 2.15. The molecule has 0 spiro atoms. The van der Waals surface area contributed by atoms with E-state index in [1.165, 1.54) is 11.1 Å². The van der Waals surface area contributed by atoms with E-state index in [1.807, 2.05) is 7.05 Å². The summed E-state index contributed by atoms with van der Waals surface area (Å²) in [6.45, 7) is 4.98. The largest absolute Gasteiger partial charge is 0.313 e. The first-order valence-corrected chi connectivity index (χ1v) is 4.82. The van der Waals surface area contributed by atoms with E-state index in [2.05, 4.69) is 46.9 Å². The molecule has 0 unspecified atom stereocenters. The van der Waals surface area contributed by atoms with Gasteiger partial charge in [0.15, 0.2) is 0 Å². The van der Waals surface area contributed by atoms with Crippen molar-refractivity contribution in [3.63, 3.8) is 0 Å². The van der Waals surface area contributed by atoms with Crippen LogP contribution in [0.4, 0.5) is 0 Å². The lowest BCUT2D eigenvalue weighted by Gasteiger charge is -2.01. The molecule has 0 aliphatic heterocycles. The van der Waals surface area contributed by atoms with Gasteiger partial charge in [-0.15, -0.1) is 0 Å². The molecular formula is C11H15N3. The number of imidazole rings is 1. The van der Waals surface area contributed by atoms with E-state index in [0.29, 0.717) is 0 Å². The van der Waals surface area contributed by atoms with E-state index in [9.17, 15) is 0 Å². The molecule has 2 rings (SSSR count). The van der Waals surface area contributed by atoms with Gasteiger partial charge in [0, 0.05) is 6.20 Å². The third-order valence-corrected chi connectivity index (χ3v) is 2.45. The van der Waals surface area contributed by atoms with E-state index in [0.717, 1.165) is 18.1 Å². The van der Waals surface area contributed by atoms with Gasteiger partial charge in [0.2, 0.25) is 0 Å². The van der Waals surface area contributed by atoms with E-state index in [4.69, 9.17) is 0 Å². The lowest BCUT2D eigenvalue weighted by Crippen LogP contribution is -2.08. The Kier molecular flexibility index (Phi) is 2.25. The number of nitrogens with one attached hydrogen (secondary N) is 1. The molecule has 0 amide bonds. The average Bonchev–Trinajstić information content (AvgIpc) is 2.46. The maximum atomic E-state index is 4.54. The molecule has 0 saturated heterocycles. The van der Waals surface area contributed by atoms with Gasteiger partial charge in [-0.2, -0.15) is 0 Å². The maximum absolute atomic E-state index is 4.54. The number of hydrogen-bond donors (Lipinski definition) is 1. The van der Waals surface area contributed by atoms with E-state index >= 15 is 0 Å². The fraction of sp³-hybridized carbons (Fsp3) is 0.364. The number of aromatic nitrogens is 2. The van der Waals surface area contributed by atoms with Crippen LogP contribution in [0.15, 0.2) is 18.3 Å². The van der Waals surface area contributed by atoms with Crippen LogP contribution in [0, 0.1) is 13.8 Å². The summed E-state index contributed by atoms with van der Waals surface area (Å²) in [5.41, 5.74) is 3.62. The fourth-order valence-corrected chi connectivity index (χ4v) is 1.87. The molecule has 3 heteroatoms. The molecule has 0 aliphatic rings. The molecule has 0 aliphatic carbocycles. The van der Waals surface area contributed by atoms with Gasteiger partial charge in [-0.05, 0) is 32.5 Å². The summed E-state index contributed by atoms with van der Waals surface area (Å²) >= 11 is 0. The predicted molar refractivity (Wildman–Crippen MR) is 57.4 cm³/mol. The molecule has 74 valence electrons. The monoisotopic (exact) mass is 189 g/mol. The standard InChI is InChI=1S/C11H15N3/c1-8-5-4-6-14-10(7-12-3)13-9(2)11(8)14/h4-6,12H,7H2,1-3H3. The molecule has 0 bridgehead atoms. The molecule has 2 heterocycles. The molecule has 0 radical (unpaired) electrons. The Hall–Kier alpha value is -1.35. The molecule has 2 aromatic rings. The fourth-order valence-electron chi connectivity index (χ4n) is 1.87. The second-order valence-corrected chi connectivity index (χ2v) is 3.55. The van der Waals surface area contributed by atoms with Gasteiger partial charge in [0.05, 0.1) is 17.8 Å².